The summed E-state index contributed by atoms with van der Waals surface area (Å²) in [4.78, 5) is 0. The molecule has 0 heterocycles. The van der Waals surface area contributed by atoms with Gasteiger partial charge in [0.25, 0.3) is 0 Å². The normalized spacial score (nSPS) is 12.1. The average molecular weight is 306 g/mol. The molecule has 0 aromatic carbocycles. The molecule has 10 heavy (non-hydrogen) atoms. The van der Waals surface area contributed by atoms with Gasteiger partial charge < -0.3 is 0 Å². The average Bonchev–Trinajstić information content (AvgIpc) is 1.87. The first-order chi connectivity index (χ1) is 5.07. The van der Waals surface area contributed by atoms with Crippen molar-refractivity contribution >= 4 is 4.38 Å². The summed E-state index contributed by atoms with van der Waals surface area (Å²) in [7, 11) is 0. The van der Waals surface area contributed by atoms with Crippen LogP contribution in [0.15, 0.2) is 36.5 Å². The third kappa shape index (κ3) is 4.64. The van der Waals surface area contributed by atoms with Crippen molar-refractivity contribution in [3.63, 3.8) is 0 Å². The zero-order chi connectivity index (χ0) is 8.85. The zero-order valence-electron chi connectivity index (χ0n) is 7.18. The van der Waals surface area contributed by atoms with E-state index in [-0.39, 0.29) is 0 Å². The van der Waals surface area contributed by atoms with Crippen LogP contribution in [-0.2, 0) is 19.4 Å². The third-order valence-corrected chi connectivity index (χ3v) is 2.14. The first-order valence-corrected chi connectivity index (χ1v) is 4.52. The second-order valence-corrected chi connectivity index (χ2v) is 2.81. The number of hydrogen-bond acceptors (Lipinski definition) is 0. The Morgan fingerprint density at radius 1 is 1.80 bits per heavy atom. The Kier molecular flexibility index (Phi) is 4.38. The summed E-state index contributed by atoms with van der Waals surface area (Å²) in [6.07, 6.45) is 4.56. The fourth-order valence-corrected chi connectivity index (χ4v) is 0.792. The molecule has 0 spiro atoms. The van der Waals surface area contributed by atoms with Gasteiger partial charge in [-0.2, -0.15) is 0 Å². The molecule has 0 aliphatic carbocycles. The van der Waals surface area contributed by atoms with Crippen LogP contribution in [-0.4, -0.2) is 4.38 Å². The summed E-state index contributed by atoms with van der Waals surface area (Å²) in [6.45, 7) is 9.38. The van der Waals surface area contributed by atoms with Gasteiger partial charge in [0, 0.05) is 0 Å². The fraction of sp³-hybridized carbons (Fsp3) is 0.222. The van der Waals surface area contributed by atoms with Crippen molar-refractivity contribution in [2.75, 3.05) is 0 Å². The van der Waals surface area contributed by atoms with Crippen molar-refractivity contribution in [2.45, 2.75) is 13.3 Å². The van der Waals surface area contributed by atoms with E-state index in [9.17, 15) is 0 Å². The maximum atomic E-state index is 7.33. The van der Waals surface area contributed by atoms with Crippen molar-refractivity contribution in [1.29, 1.82) is 0 Å². The summed E-state index contributed by atoms with van der Waals surface area (Å²) in [5, 5.41) is 0. The van der Waals surface area contributed by atoms with Crippen molar-refractivity contribution < 1.29 is 20.7 Å². The van der Waals surface area contributed by atoms with Crippen LogP contribution in [0.4, 0.5) is 0 Å². The molecule has 0 amide bonds. The first-order valence-electron chi connectivity index (χ1n) is 3.56. The van der Waals surface area contributed by atoms with E-state index >= 15 is 0 Å². The quantitative estimate of drug-likeness (QED) is 0.553. The van der Waals surface area contributed by atoms with E-state index in [4.69, 9.17) is 1.37 Å². The second kappa shape index (κ2) is 5.55. The van der Waals surface area contributed by atoms with Gasteiger partial charge >= 0.3 is 74.9 Å². The Morgan fingerprint density at radius 3 is 2.80 bits per heavy atom. The summed E-state index contributed by atoms with van der Waals surface area (Å²) in [6, 6.07) is 0. The van der Waals surface area contributed by atoms with Gasteiger partial charge in [0.1, 0.15) is 0 Å². The van der Waals surface area contributed by atoms with E-state index < -0.39 is 0 Å². The molecule has 0 fully saturated rings. The molecule has 0 N–H and O–H groups in total. The van der Waals surface area contributed by atoms with Gasteiger partial charge in [-0.15, -0.1) is 0 Å². The summed E-state index contributed by atoms with van der Waals surface area (Å²) in [5.74, 6) is 0. The molecule has 0 saturated heterocycles. The molecule has 0 aromatic rings. The maximum absolute atomic E-state index is 7.33. The topological polar surface area (TPSA) is 0 Å². The monoisotopic (exact) mass is 306 g/mol. The van der Waals surface area contributed by atoms with Crippen molar-refractivity contribution in [2.24, 2.45) is 0 Å². The minimum absolute atomic E-state index is 0.676. The summed E-state index contributed by atoms with van der Waals surface area (Å²) in [5.41, 5.74) is 2.02. The summed E-state index contributed by atoms with van der Waals surface area (Å²) < 4.78 is 8.00. The van der Waals surface area contributed by atoms with Crippen LogP contribution in [0.5, 0.6) is 0 Å². The molecule has 0 aliphatic heterocycles. The third-order valence-electron chi connectivity index (χ3n) is 0.988. The van der Waals surface area contributed by atoms with Crippen molar-refractivity contribution in [1.82, 2.24) is 0 Å². The number of hydrogen-bond donors (Lipinski definition) is 0. The molecule has 0 bridgehead atoms. The van der Waals surface area contributed by atoms with Gasteiger partial charge in [0.15, 0.2) is 0 Å². The Morgan fingerprint density at radius 2 is 2.40 bits per heavy atom. The molecular weight excluding hydrogens is 292 g/mol. The molecule has 0 unspecified atom stereocenters. The van der Waals surface area contributed by atoms with Crippen LogP contribution < -0.4 is 0 Å². The second-order valence-electron chi connectivity index (χ2n) is 2.08. The van der Waals surface area contributed by atoms with Crippen molar-refractivity contribution in [3.8, 4) is 0 Å². The van der Waals surface area contributed by atoms with Crippen LogP contribution in [0.1, 0.15) is 14.7 Å². The van der Waals surface area contributed by atoms with E-state index in [1.54, 1.807) is 0 Å². The molecule has 0 rings (SSSR count). The molecule has 0 aliphatic rings. The van der Waals surface area contributed by atoms with Crippen molar-refractivity contribution in [3.05, 3.63) is 36.5 Å². The van der Waals surface area contributed by atoms with E-state index in [2.05, 4.69) is 13.2 Å². The molecule has 0 aromatic heterocycles. The van der Waals surface area contributed by atoms with Gasteiger partial charge in [-0.3, -0.25) is 0 Å². The molecular formula is C9H12W. The van der Waals surface area contributed by atoms with Gasteiger partial charge in [-0.05, 0) is 0 Å². The van der Waals surface area contributed by atoms with Gasteiger partial charge in [-0.25, -0.2) is 0 Å². The Balaban J connectivity index is 4.18. The van der Waals surface area contributed by atoms with E-state index in [1.807, 2.05) is 19.1 Å². The van der Waals surface area contributed by atoms with Crippen LogP contribution >= 0.6 is 0 Å². The van der Waals surface area contributed by atoms with Crippen LogP contribution in [0.25, 0.3) is 0 Å². The summed E-state index contributed by atoms with van der Waals surface area (Å²) >= 11 is 1.19. The van der Waals surface area contributed by atoms with Gasteiger partial charge in [0.2, 0.25) is 0 Å². The predicted octanol–water partition coefficient (Wildman–Crippen LogP) is 2.41. The molecule has 54 valence electrons. The number of allylic oxidation sites excluding steroid dienone is 4. The Bertz CT molecular complexity index is 214. The van der Waals surface area contributed by atoms with Crippen LogP contribution in [0.3, 0.4) is 0 Å². The minimum atomic E-state index is 0.676. The SMILES string of the molecule is [3H][C](=[W])C(C)=CC(=C)CC=C. The van der Waals surface area contributed by atoms with E-state index in [1.165, 1.54) is 19.4 Å². The molecule has 0 nitrogen and oxygen atoms in total. The molecule has 0 atom stereocenters. The first kappa shape index (κ1) is 7.88. The van der Waals surface area contributed by atoms with Crippen LogP contribution in [0, 0.1) is 0 Å². The molecule has 0 saturated carbocycles. The van der Waals surface area contributed by atoms with E-state index in [0.29, 0.717) is 4.38 Å². The van der Waals surface area contributed by atoms with Gasteiger partial charge in [0.05, 0.1) is 0 Å². The number of rotatable bonds is 4. The standard InChI is InChI=1S/C9H12.W/c1-5-6-9(4)7-8(2)3;/h2,5,7H,1,4,6H2,3H3;/i2T;. The van der Waals surface area contributed by atoms with Gasteiger partial charge in [-0.1, -0.05) is 0 Å². The Labute approximate surface area is 75.1 Å². The zero-order valence-corrected chi connectivity index (χ0v) is 9.12. The van der Waals surface area contributed by atoms with Crippen LogP contribution in [0.2, 0.25) is 0 Å². The fourth-order valence-electron chi connectivity index (χ4n) is 0.580. The Hall–Kier alpha value is -0.222. The molecule has 0 radical (unpaired) electrons. The molecule has 1 heteroatoms. The van der Waals surface area contributed by atoms with E-state index in [0.717, 1.165) is 17.6 Å². The predicted molar refractivity (Wildman–Crippen MR) is 43.8 cm³/mol.